The molecule has 0 radical (unpaired) electrons. The summed E-state index contributed by atoms with van der Waals surface area (Å²) in [7, 11) is 1.46. The van der Waals surface area contributed by atoms with E-state index in [9.17, 15) is 8.94 Å². The minimum absolute atomic E-state index is 0.0778. The van der Waals surface area contributed by atoms with Crippen molar-refractivity contribution in [3.8, 4) is 11.4 Å². The maximum atomic E-state index is 14.4. The third-order valence-electron chi connectivity index (χ3n) is 3.84. The molecule has 0 fully saturated rings. The Labute approximate surface area is 159 Å². The van der Waals surface area contributed by atoms with E-state index in [-0.39, 0.29) is 23.9 Å². The summed E-state index contributed by atoms with van der Waals surface area (Å²) in [6.45, 7) is 5.95. The molecule has 140 valence electrons. The van der Waals surface area contributed by atoms with Crippen LogP contribution in [0.15, 0.2) is 22.7 Å². The molecule has 1 aromatic carbocycles. The smallest absolute Gasteiger partial charge is 0.150 e. The van der Waals surface area contributed by atoms with Crippen molar-refractivity contribution in [2.75, 3.05) is 13.7 Å². The van der Waals surface area contributed by atoms with Crippen molar-refractivity contribution in [2.45, 2.75) is 32.1 Å². The predicted octanol–water partition coefficient (Wildman–Crippen LogP) is 3.45. The van der Waals surface area contributed by atoms with Crippen molar-refractivity contribution in [3.63, 3.8) is 0 Å². The molecule has 6 nitrogen and oxygen atoms in total. The average molecular weight is 400 g/mol. The number of hydrogen-bond donors (Lipinski definition) is 0. The second-order valence-corrected chi connectivity index (χ2v) is 9.00. The lowest BCUT2D eigenvalue weighted by Gasteiger charge is -2.21. The minimum Gasteiger partial charge on any atom is -0.591 e. The van der Waals surface area contributed by atoms with Gasteiger partial charge in [-0.05, 0) is 32.9 Å². The summed E-state index contributed by atoms with van der Waals surface area (Å²) >= 11 is 4.84. The molecule has 26 heavy (non-hydrogen) atoms. The first kappa shape index (κ1) is 19.2. The molecule has 0 aliphatic carbocycles. The van der Waals surface area contributed by atoms with Crippen LogP contribution in [0.1, 0.15) is 32.0 Å². The molecule has 0 spiro atoms. The Balaban J connectivity index is 2.10. The number of rotatable bonds is 3. The SMILES string of the molecule is COc1ccc(F)c(-n2ncc3c2COCC3=N[S+]([O-])C(C)(C)C)c1Cl. The van der Waals surface area contributed by atoms with Gasteiger partial charge in [-0.2, -0.15) is 5.10 Å². The molecule has 0 saturated carbocycles. The molecule has 1 aliphatic heterocycles. The lowest BCUT2D eigenvalue weighted by molar-refractivity contribution is 0.147. The van der Waals surface area contributed by atoms with E-state index in [2.05, 4.69) is 9.50 Å². The van der Waals surface area contributed by atoms with Gasteiger partial charge in [-0.3, -0.25) is 0 Å². The lowest BCUT2D eigenvalue weighted by atomic mass is 10.1. The molecule has 2 heterocycles. The number of fused-ring (bicyclic) bond motifs is 1. The fourth-order valence-corrected chi connectivity index (χ4v) is 3.39. The Morgan fingerprint density at radius 1 is 1.38 bits per heavy atom. The van der Waals surface area contributed by atoms with Crippen LogP contribution in [0.25, 0.3) is 5.69 Å². The van der Waals surface area contributed by atoms with Gasteiger partial charge in [0.05, 0.1) is 32.2 Å². The van der Waals surface area contributed by atoms with Gasteiger partial charge in [-0.15, -0.1) is 0 Å². The largest absolute Gasteiger partial charge is 0.591 e. The summed E-state index contributed by atoms with van der Waals surface area (Å²) in [6, 6.07) is 2.72. The fraction of sp³-hybridized carbons (Fsp3) is 0.412. The summed E-state index contributed by atoms with van der Waals surface area (Å²) < 4.78 is 42.7. The summed E-state index contributed by atoms with van der Waals surface area (Å²) in [4.78, 5) is 0. The van der Waals surface area contributed by atoms with Gasteiger partial charge < -0.3 is 14.0 Å². The molecule has 0 N–H and O–H groups in total. The van der Waals surface area contributed by atoms with Gasteiger partial charge in [-0.1, -0.05) is 16.0 Å². The highest BCUT2D eigenvalue weighted by molar-refractivity contribution is 7.91. The summed E-state index contributed by atoms with van der Waals surface area (Å²) in [6.07, 6.45) is 1.56. The van der Waals surface area contributed by atoms with E-state index >= 15 is 0 Å². The van der Waals surface area contributed by atoms with Gasteiger partial charge in [0.1, 0.15) is 38.3 Å². The molecule has 1 aromatic heterocycles. The first-order chi connectivity index (χ1) is 12.2. The maximum Gasteiger partial charge on any atom is 0.150 e. The molecule has 1 aliphatic rings. The highest BCUT2D eigenvalue weighted by Gasteiger charge is 2.31. The Hall–Kier alpha value is -1.61. The summed E-state index contributed by atoms with van der Waals surface area (Å²) in [5.41, 5.74) is 1.86. The number of methoxy groups -OCH3 is 1. The number of halogens is 2. The summed E-state index contributed by atoms with van der Waals surface area (Å²) in [5.74, 6) is -0.198. The standard InChI is InChI=1S/C17H19ClFN3O3S/c1-17(2,3)26(23)21-12-8-25-9-13-10(12)7-20-22(13)16-11(19)5-6-14(24-4)15(16)18/h5-7H,8-9H2,1-4H3. The van der Waals surface area contributed by atoms with Crippen molar-refractivity contribution in [2.24, 2.45) is 4.40 Å². The van der Waals surface area contributed by atoms with Crippen LogP contribution in [-0.2, 0) is 22.7 Å². The van der Waals surface area contributed by atoms with Gasteiger partial charge in [0.2, 0.25) is 0 Å². The second-order valence-electron chi connectivity index (χ2n) is 6.72. The molecule has 0 saturated heterocycles. The molecule has 3 rings (SSSR count). The van der Waals surface area contributed by atoms with E-state index < -0.39 is 21.9 Å². The number of benzene rings is 1. The van der Waals surface area contributed by atoms with Gasteiger partial charge in [0.15, 0.2) is 5.82 Å². The Morgan fingerprint density at radius 2 is 2.12 bits per heavy atom. The molecule has 0 amide bonds. The van der Waals surface area contributed by atoms with Gasteiger partial charge in [-0.25, -0.2) is 9.07 Å². The third-order valence-corrected chi connectivity index (χ3v) is 5.64. The van der Waals surface area contributed by atoms with Gasteiger partial charge >= 0.3 is 0 Å². The van der Waals surface area contributed by atoms with Crippen molar-refractivity contribution in [3.05, 3.63) is 40.4 Å². The van der Waals surface area contributed by atoms with Crippen LogP contribution < -0.4 is 4.74 Å². The molecule has 1 atom stereocenters. The Bertz CT molecular complexity index is 864. The molecule has 2 aromatic rings. The molecular weight excluding hydrogens is 381 g/mol. The number of aromatic nitrogens is 2. The molecule has 9 heteroatoms. The quantitative estimate of drug-likeness (QED) is 0.741. The Morgan fingerprint density at radius 3 is 2.77 bits per heavy atom. The predicted molar refractivity (Wildman–Crippen MR) is 99.2 cm³/mol. The molecule has 0 bridgehead atoms. The fourth-order valence-electron chi connectivity index (χ4n) is 2.46. The van der Waals surface area contributed by atoms with E-state index in [0.29, 0.717) is 22.7 Å². The van der Waals surface area contributed by atoms with Crippen LogP contribution in [0.2, 0.25) is 5.02 Å². The minimum atomic E-state index is -1.44. The lowest BCUT2D eigenvalue weighted by Crippen LogP contribution is -2.29. The number of ether oxygens (including phenoxy) is 2. The van der Waals surface area contributed by atoms with Crippen LogP contribution in [-0.4, -0.2) is 38.5 Å². The van der Waals surface area contributed by atoms with E-state index in [0.717, 1.165) is 0 Å². The van der Waals surface area contributed by atoms with E-state index in [4.69, 9.17) is 21.1 Å². The summed E-state index contributed by atoms with van der Waals surface area (Å²) in [5, 5.41) is 4.37. The first-order valence-corrected chi connectivity index (χ1v) is 9.39. The number of nitrogens with zero attached hydrogens (tertiary/aromatic N) is 3. The normalized spacial score (nSPS) is 17.3. The van der Waals surface area contributed by atoms with Crippen molar-refractivity contribution < 1.29 is 18.4 Å². The second kappa shape index (κ2) is 7.19. The van der Waals surface area contributed by atoms with Crippen molar-refractivity contribution in [1.29, 1.82) is 0 Å². The number of hydrogen-bond acceptors (Lipinski definition) is 5. The van der Waals surface area contributed by atoms with Gasteiger partial charge in [0, 0.05) is 5.56 Å². The zero-order chi connectivity index (χ0) is 19.1. The third kappa shape index (κ3) is 3.46. The van der Waals surface area contributed by atoms with Crippen molar-refractivity contribution >= 4 is 28.7 Å². The Kier molecular flexibility index (Phi) is 5.30. The van der Waals surface area contributed by atoms with Crippen LogP contribution >= 0.6 is 11.6 Å². The first-order valence-electron chi connectivity index (χ1n) is 7.91. The van der Waals surface area contributed by atoms with E-state index in [1.165, 1.54) is 23.9 Å². The van der Waals surface area contributed by atoms with E-state index in [1.807, 2.05) is 20.8 Å². The van der Waals surface area contributed by atoms with Gasteiger partial charge in [0.25, 0.3) is 0 Å². The zero-order valence-electron chi connectivity index (χ0n) is 14.9. The van der Waals surface area contributed by atoms with E-state index in [1.54, 1.807) is 6.20 Å². The molecular formula is C17H19ClFN3O3S. The van der Waals surface area contributed by atoms with Crippen molar-refractivity contribution in [1.82, 2.24) is 9.78 Å². The highest BCUT2D eigenvalue weighted by Crippen LogP contribution is 2.34. The average Bonchev–Trinajstić information content (AvgIpc) is 2.99. The monoisotopic (exact) mass is 399 g/mol. The van der Waals surface area contributed by atoms with Crippen LogP contribution in [0.5, 0.6) is 5.75 Å². The molecule has 1 unspecified atom stereocenters. The van der Waals surface area contributed by atoms with Crippen LogP contribution in [0.3, 0.4) is 0 Å². The van der Waals surface area contributed by atoms with Crippen LogP contribution in [0, 0.1) is 5.82 Å². The maximum absolute atomic E-state index is 14.4. The zero-order valence-corrected chi connectivity index (χ0v) is 16.4. The highest BCUT2D eigenvalue weighted by atomic mass is 35.5. The van der Waals surface area contributed by atoms with Crippen LogP contribution in [0.4, 0.5) is 4.39 Å². The topological polar surface area (TPSA) is 71.7 Å².